The molecule has 1 radical (unpaired) electrons. The van der Waals surface area contributed by atoms with Gasteiger partial charge in [0.15, 0.2) is 5.78 Å². The van der Waals surface area contributed by atoms with E-state index in [4.69, 9.17) is 4.98 Å². The van der Waals surface area contributed by atoms with Gasteiger partial charge in [0.2, 0.25) is 0 Å². The molecule has 0 bridgehead atoms. The van der Waals surface area contributed by atoms with Gasteiger partial charge in [-0.25, -0.2) is 0 Å². The topological polar surface area (TPSA) is 50.2 Å². The summed E-state index contributed by atoms with van der Waals surface area (Å²) in [6, 6.07) is 27.2. The van der Waals surface area contributed by atoms with Crippen LogP contribution in [-0.2, 0) is 30.3 Å². The number of hydrogen-bond acceptors (Lipinski definition) is 4. The van der Waals surface area contributed by atoms with Gasteiger partial charge in [-0.2, -0.15) is 0 Å². The molecule has 2 heterocycles. The maximum Gasteiger partial charge on any atom is 0.164 e. The first kappa shape index (κ1) is 35.7. The number of aromatic nitrogens is 1. The van der Waals surface area contributed by atoms with Crippen molar-refractivity contribution in [2.45, 2.75) is 86.5 Å². The zero-order valence-corrected chi connectivity index (χ0v) is 31.6. The fourth-order valence-electron chi connectivity index (χ4n) is 6.34. The van der Waals surface area contributed by atoms with Crippen LogP contribution in [0.4, 0.5) is 0 Å². The largest absolute Gasteiger partial charge is 0.512 e. The molecule has 2 aromatic heterocycles. The molecule has 0 spiro atoms. The third-order valence-electron chi connectivity index (χ3n) is 10.6. The molecule has 0 saturated heterocycles. The first-order chi connectivity index (χ1) is 21.4. The quantitative estimate of drug-likeness (QED) is 0.0965. The van der Waals surface area contributed by atoms with Crippen molar-refractivity contribution in [1.29, 1.82) is 0 Å². The Bertz CT molecular complexity index is 1890. The molecule has 0 amide bonds. The van der Waals surface area contributed by atoms with E-state index in [0.29, 0.717) is 0 Å². The molecule has 1 N–H and O–H groups in total. The maximum atomic E-state index is 12.2. The standard InChI is InChI=1S/C26H18NS.C15H28O2.Ir/c1-26(2)20-12-7-11-18(21-14-16-8-3-4-9-17(16)15-27-21)23(20)25-24(26)19-10-5-6-13-22(19)28-25;1-7-14(5,8-2)12(16)11-13(17)15(6,9-3)10-4;/h3-10,12-15H,1-2H3;11,16H,7-10H2,1-6H3;/q-1;;/b;12-11-;. The van der Waals surface area contributed by atoms with Crippen LogP contribution in [0.25, 0.3) is 42.6 Å². The van der Waals surface area contributed by atoms with E-state index >= 15 is 0 Å². The Labute approximate surface area is 292 Å². The second kappa shape index (κ2) is 13.9. The summed E-state index contributed by atoms with van der Waals surface area (Å²) in [7, 11) is 0. The number of thiophene rings is 1. The molecule has 1 aliphatic carbocycles. The smallest absolute Gasteiger partial charge is 0.164 e. The Hall–Kier alpha value is -3.11. The number of aliphatic hydroxyl groups is 1. The fraction of sp³-hybridized carbons (Fsp3) is 0.366. The third kappa shape index (κ3) is 6.27. The van der Waals surface area contributed by atoms with Crippen LogP contribution in [0, 0.1) is 16.9 Å². The van der Waals surface area contributed by atoms with Crippen LogP contribution >= 0.6 is 11.3 Å². The Balaban J connectivity index is 0.000000234. The van der Waals surface area contributed by atoms with Crippen molar-refractivity contribution < 1.29 is 30.0 Å². The third-order valence-corrected chi connectivity index (χ3v) is 11.8. The summed E-state index contributed by atoms with van der Waals surface area (Å²) < 4.78 is 1.35. The van der Waals surface area contributed by atoms with Crippen molar-refractivity contribution in [3.05, 3.63) is 102 Å². The first-order valence-corrected chi connectivity index (χ1v) is 17.1. The summed E-state index contributed by atoms with van der Waals surface area (Å²) >= 11 is 1.90. The Morgan fingerprint density at radius 1 is 0.913 bits per heavy atom. The van der Waals surface area contributed by atoms with E-state index < -0.39 is 0 Å². The molecule has 1 aliphatic rings. The van der Waals surface area contributed by atoms with Crippen LogP contribution in [-0.4, -0.2) is 15.9 Å². The SMILES string of the molecule is CC1(C)c2cc[c-]c(-c3cc4ccccc4cn3)c2-c2sc3ccccc3c21.CCC(C)(CC)C(=O)/C=C(\O)C(C)(CC)CC.[Ir]. The number of carbonyl (C=O) groups excluding carboxylic acids is 1. The fourth-order valence-corrected chi connectivity index (χ4v) is 7.77. The monoisotopic (exact) mass is 809 g/mol. The van der Waals surface area contributed by atoms with E-state index in [0.717, 1.165) is 36.9 Å². The van der Waals surface area contributed by atoms with Gasteiger partial charge in [-0.15, -0.1) is 40.7 Å². The number of rotatable bonds is 8. The van der Waals surface area contributed by atoms with Crippen LogP contribution in [0.1, 0.15) is 92.2 Å². The number of fused-ring (bicyclic) bond motifs is 6. The summed E-state index contributed by atoms with van der Waals surface area (Å²) in [5.74, 6) is 0.286. The normalized spacial score (nSPS) is 13.9. The molecule has 5 heteroatoms. The van der Waals surface area contributed by atoms with Crippen molar-refractivity contribution in [2.75, 3.05) is 0 Å². The number of pyridine rings is 1. The van der Waals surface area contributed by atoms with Crippen molar-refractivity contribution in [3.63, 3.8) is 0 Å². The average molecular weight is 809 g/mol. The van der Waals surface area contributed by atoms with E-state index in [2.05, 4.69) is 86.6 Å². The number of hydrogen-bond donors (Lipinski definition) is 1. The van der Waals surface area contributed by atoms with Gasteiger partial charge >= 0.3 is 0 Å². The van der Waals surface area contributed by atoms with Crippen molar-refractivity contribution in [1.82, 2.24) is 4.98 Å². The Morgan fingerprint density at radius 3 is 2.17 bits per heavy atom. The molecule has 243 valence electrons. The molecule has 3 aromatic carbocycles. The second-order valence-corrected chi connectivity index (χ2v) is 14.5. The minimum Gasteiger partial charge on any atom is -0.512 e. The van der Waals surface area contributed by atoms with Crippen LogP contribution in [0.3, 0.4) is 0 Å². The molecule has 0 saturated carbocycles. The van der Waals surface area contributed by atoms with Crippen LogP contribution in [0.15, 0.2) is 84.8 Å². The van der Waals surface area contributed by atoms with Crippen LogP contribution in [0.2, 0.25) is 0 Å². The molecule has 6 rings (SSSR count). The van der Waals surface area contributed by atoms with Gasteiger partial charge in [-0.05, 0) is 69.5 Å². The van der Waals surface area contributed by atoms with E-state index in [-0.39, 0.29) is 47.9 Å². The molecule has 0 unspecified atom stereocenters. The number of benzene rings is 3. The predicted octanol–water partition coefficient (Wildman–Crippen LogP) is 11.9. The van der Waals surface area contributed by atoms with Crippen molar-refractivity contribution in [2.24, 2.45) is 10.8 Å². The molecular formula is C41H46IrNO2S-. The molecule has 0 atom stereocenters. The molecular weight excluding hydrogens is 763 g/mol. The molecule has 0 aliphatic heterocycles. The van der Waals surface area contributed by atoms with Gasteiger partial charge in [0.25, 0.3) is 0 Å². The summed E-state index contributed by atoms with van der Waals surface area (Å²) in [5, 5.41) is 13.9. The van der Waals surface area contributed by atoms with E-state index in [1.165, 1.54) is 48.5 Å². The summed E-state index contributed by atoms with van der Waals surface area (Å²) in [5.41, 5.74) is 5.62. The molecule has 46 heavy (non-hydrogen) atoms. The average Bonchev–Trinajstić information content (AvgIpc) is 3.57. The first-order valence-electron chi connectivity index (χ1n) is 16.3. The predicted molar refractivity (Wildman–Crippen MR) is 192 cm³/mol. The van der Waals surface area contributed by atoms with Gasteiger partial charge in [0.1, 0.15) is 5.76 Å². The van der Waals surface area contributed by atoms with Gasteiger partial charge < -0.3 is 10.1 Å². The van der Waals surface area contributed by atoms with Crippen LogP contribution < -0.4 is 0 Å². The molecule has 3 nitrogen and oxygen atoms in total. The van der Waals surface area contributed by atoms with Gasteiger partial charge in [0, 0.05) is 47.9 Å². The minimum absolute atomic E-state index is 0. The van der Waals surface area contributed by atoms with E-state index in [9.17, 15) is 9.90 Å². The summed E-state index contributed by atoms with van der Waals surface area (Å²) in [6.45, 7) is 16.8. The maximum absolute atomic E-state index is 12.2. The number of allylic oxidation sites excluding steroid dienone is 2. The number of carbonyl (C=O) groups is 1. The molecule has 5 aromatic rings. The van der Waals surface area contributed by atoms with Crippen molar-refractivity contribution in [3.8, 4) is 21.7 Å². The minimum atomic E-state index is -0.337. The summed E-state index contributed by atoms with van der Waals surface area (Å²) in [4.78, 5) is 18.4. The van der Waals surface area contributed by atoms with Crippen molar-refractivity contribution >= 4 is 38.0 Å². The number of aliphatic hydroxyl groups excluding tert-OH is 1. The zero-order chi connectivity index (χ0) is 32.6. The van der Waals surface area contributed by atoms with Crippen LogP contribution in [0.5, 0.6) is 0 Å². The second-order valence-electron chi connectivity index (χ2n) is 13.4. The van der Waals surface area contributed by atoms with E-state index in [1.807, 2.05) is 59.1 Å². The Kier molecular flexibility index (Phi) is 10.8. The zero-order valence-electron chi connectivity index (χ0n) is 28.4. The number of nitrogens with zero attached hydrogens (tertiary/aromatic N) is 1. The van der Waals surface area contributed by atoms with E-state index in [1.54, 1.807) is 0 Å². The number of ketones is 1. The summed E-state index contributed by atoms with van der Waals surface area (Å²) in [6.07, 6.45) is 6.73. The van der Waals surface area contributed by atoms with Gasteiger partial charge in [0.05, 0.1) is 0 Å². The van der Waals surface area contributed by atoms with Gasteiger partial charge in [-0.3, -0.25) is 4.79 Å². The van der Waals surface area contributed by atoms with Gasteiger partial charge in [-0.1, -0.05) is 109 Å². The Morgan fingerprint density at radius 2 is 1.52 bits per heavy atom. The molecule has 0 fully saturated rings.